The van der Waals surface area contributed by atoms with Gasteiger partial charge in [0.2, 0.25) is 5.91 Å². The van der Waals surface area contributed by atoms with Crippen LogP contribution in [-0.2, 0) is 4.79 Å². The van der Waals surface area contributed by atoms with E-state index in [4.69, 9.17) is 0 Å². The number of carbonyl (C=O) groups is 1. The normalized spacial score (nSPS) is 25.5. The third-order valence-corrected chi connectivity index (χ3v) is 4.21. The summed E-state index contributed by atoms with van der Waals surface area (Å²) in [5.41, 5.74) is 0. The van der Waals surface area contributed by atoms with E-state index in [0.29, 0.717) is 23.8 Å². The van der Waals surface area contributed by atoms with Crippen molar-refractivity contribution >= 4 is 5.91 Å². The zero-order chi connectivity index (χ0) is 12.8. The molecule has 1 rings (SSSR count). The first-order valence-corrected chi connectivity index (χ1v) is 7.03. The Bertz CT molecular complexity index is 242. The van der Waals surface area contributed by atoms with Crippen molar-refractivity contribution in [3.05, 3.63) is 0 Å². The number of nitrogens with zero attached hydrogens (tertiary/aromatic N) is 1. The first-order chi connectivity index (χ1) is 8.08. The summed E-state index contributed by atoms with van der Waals surface area (Å²) in [6, 6.07) is 0.428. The van der Waals surface area contributed by atoms with Crippen molar-refractivity contribution in [1.82, 2.24) is 10.2 Å². The van der Waals surface area contributed by atoms with Gasteiger partial charge in [-0.15, -0.1) is 0 Å². The van der Waals surface area contributed by atoms with E-state index in [1.165, 1.54) is 0 Å². The van der Waals surface area contributed by atoms with Crippen LogP contribution in [0.2, 0.25) is 0 Å². The van der Waals surface area contributed by atoms with Crippen LogP contribution in [0.15, 0.2) is 0 Å². The molecule has 3 atom stereocenters. The van der Waals surface area contributed by atoms with Gasteiger partial charge in [0, 0.05) is 25.6 Å². The number of carbonyl (C=O) groups excluding carboxylic acids is 1. The Morgan fingerprint density at radius 2 is 2.18 bits per heavy atom. The highest BCUT2D eigenvalue weighted by Gasteiger charge is 2.24. The van der Waals surface area contributed by atoms with Gasteiger partial charge in [-0.05, 0) is 31.7 Å². The van der Waals surface area contributed by atoms with Crippen LogP contribution < -0.4 is 5.32 Å². The predicted octanol–water partition coefficient (Wildman–Crippen LogP) is 2.27. The van der Waals surface area contributed by atoms with Crippen LogP contribution in [0.5, 0.6) is 0 Å². The van der Waals surface area contributed by atoms with Crippen molar-refractivity contribution in [2.24, 2.45) is 11.8 Å². The molecule has 1 N–H and O–H groups in total. The van der Waals surface area contributed by atoms with Crippen molar-refractivity contribution in [3.63, 3.8) is 0 Å². The average Bonchev–Trinajstić information content (AvgIpc) is 2.49. The van der Waals surface area contributed by atoms with Gasteiger partial charge in [-0.1, -0.05) is 27.2 Å². The lowest BCUT2D eigenvalue weighted by Crippen LogP contribution is -2.45. The van der Waals surface area contributed by atoms with Gasteiger partial charge >= 0.3 is 0 Å². The predicted molar refractivity (Wildman–Crippen MR) is 71.9 cm³/mol. The molecule has 0 saturated carbocycles. The molecule has 0 bridgehead atoms. The first-order valence-electron chi connectivity index (χ1n) is 7.03. The molecular formula is C14H28N2O. The summed E-state index contributed by atoms with van der Waals surface area (Å²) in [6.07, 6.45) is 4.10. The van der Waals surface area contributed by atoms with Gasteiger partial charge in [0.15, 0.2) is 0 Å². The zero-order valence-electron chi connectivity index (χ0n) is 11.8. The number of nitrogens with one attached hydrogen (secondary N) is 1. The molecule has 3 unspecified atom stereocenters. The van der Waals surface area contributed by atoms with E-state index in [2.05, 4.69) is 31.0 Å². The van der Waals surface area contributed by atoms with Gasteiger partial charge in [-0.25, -0.2) is 0 Å². The molecule has 0 aromatic heterocycles. The fourth-order valence-corrected chi connectivity index (χ4v) is 2.44. The smallest absolute Gasteiger partial charge is 0.222 e. The molecule has 0 aromatic rings. The third-order valence-electron chi connectivity index (χ3n) is 4.21. The topological polar surface area (TPSA) is 32.3 Å². The largest absolute Gasteiger partial charge is 0.341 e. The van der Waals surface area contributed by atoms with Gasteiger partial charge in [0.25, 0.3) is 0 Å². The molecule has 0 radical (unpaired) electrons. The second kappa shape index (κ2) is 7.00. The van der Waals surface area contributed by atoms with E-state index in [0.717, 1.165) is 38.8 Å². The van der Waals surface area contributed by atoms with Crippen molar-refractivity contribution in [1.29, 1.82) is 0 Å². The Kier molecular flexibility index (Phi) is 5.96. The molecule has 0 spiro atoms. The van der Waals surface area contributed by atoms with E-state index in [1.54, 1.807) is 0 Å². The van der Waals surface area contributed by atoms with Gasteiger partial charge in [-0.3, -0.25) is 4.79 Å². The molecular weight excluding hydrogens is 212 g/mol. The molecule has 0 aliphatic carbocycles. The zero-order valence-corrected chi connectivity index (χ0v) is 11.8. The fraction of sp³-hybridized carbons (Fsp3) is 0.929. The number of hydrogen-bond acceptors (Lipinski definition) is 2. The summed E-state index contributed by atoms with van der Waals surface area (Å²) in [5, 5.41) is 3.36. The number of likely N-dealkylation sites (N-methyl/N-ethyl adjacent to an activating group) is 1. The van der Waals surface area contributed by atoms with Crippen LogP contribution in [0.4, 0.5) is 0 Å². The Morgan fingerprint density at radius 1 is 1.47 bits per heavy atom. The standard InChI is InChI=1S/C14H28N2O/c1-5-12(3)13(15-4)10-16-9-8-11(2)6-7-14(16)17/h11-13,15H,5-10H2,1-4H3. The Hall–Kier alpha value is -0.570. The van der Waals surface area contributed by atoms with Crippen LogP contribution in [0.25, 0.3) is 0 Å². The maximum absolute atomic E-state index is 12.0. The molecule has 1 saturated heterocycles. The van der Waals surface area contributed by atoms with Gasteiger partial charge < -0.3 is 10.2 Å². The molecule has 1 aliphatic rings. The summed E-state index contributed by atoms with van der Waals surface area (Å²) in [6.45, 7) is 8.53. The molecule has 17 heavy (non-hydrogen) atoms. The second-order valence-electron chi connectivity index (χ2n) is 5.55. The lowest BCUT2D eigenvalue weighted by molar-refractivity contribution is -0.131. The van der Waals surface area contributed by atoms with Crippen LogP contribution in [-0.4, -0.2) is 37.0 Å². The maximum atomic E-state index is 12.0. The molecule has 3 nitrogen and oxygen atoms in total. The molecule has 100 valence electrons. The highest BCUT2D eigenvalue weighted by Crippen LogP contribution is 2.19. The molecule has 1 amide bonds. The van der Waals surface area contributed by atoms with Crippen molar-refractivity contribution in [2.45, 2.75) is 52.5 Å². The summed E-state index contributed by atoms with van der Waals surface area (Å²) < 4.78 is 0. The summed E-state index contributed by atoms with van der Waals surface area (Å²) in [4.78, 5) is 14.1. The van der Waals surface area contributed by atoms with Crippen LogP contribution in [0.3, 0.4) is 0 Å². The maximum Gasteiger partial charge on any atom is 0.222 e. The van der Waals surface area contributed by atoms with Gasteiger partial charge in [0.1, 0.15) is 0 Å². The van der Waals surface area contributed by atoms with E-state index in [1.807, 2.05) is 7.05 Å². The second-order valence-corrected chi connectivity index (χ2v) is 5.55. The third kappa shape index (κ3) is 4.30. The first kappa shape index (κ1) is 14.5. The summed E-state index contributed by atoms with van der Waals surface area (Å²) in [7, 11) is 2.00. The van der Waals surface area contributed by atoms with E-state index in [-0.39, 0.29) is 0 Å². The van der Waals surface area contributed by atoms with Crippen LogP contribution in [0, 0.1) is 11.8 Å². The minimum Gasteiger partial charge on any atom is -0.341 e. The van der Waals surface area contributed by atoms with Crippen LogP contribution in [0.1, 0.15) is 46.5 Å². The quantitative estimate of drug-likeness (QED) is 0.799. The Balaban J connectivity index is 2.55. The Morgan fingerprint density at radius 3 is 2.76 bits per heavy atom. The molecule has 3 heteroatoms. The number of likely N-dealkylation sites (tertiary alicyclic amines) is 1. The number of amides is 1. The Labute approximate surface area is 106 Å². The highest BCUT2D eigenvalue weighted by atomic mass is 16.2. The minimum atomic E-state index is 0.345. The van der Waals surface area contributed by atoms with E-state index < -0.39 is 0 Å². The van der Waals surface area contributed by atoms with E-state index in [9.17, 15) is 4.79 Å². The molecule has 1 heterocycles. The average molecular weight is 240 g/mol. The fourth-order valence-electron chi connectivity index (χ4n) is 2.44. The summed E-state index contributed by atoms with van der Waals surface area (Å²) >= 11 is 0. The lowest BCUT2D eigenvalue weighted by Gasteiger charge is -2.30. The molecule has 0 aromatic carbocycles. The van der Waals surface area contributed by atoms with Crippen molar-refractivity contribution in [2.75, 3.05) is 20.1 Å². The van der Waals surface area contributed by atoms with Crippen LogP contribution >= 0.6 is 0 Å². The minimum absolute atomic E-state index is 0.345. The van der Waals surface area contributed by atoms with Gasteiger partial charge in [0.05, 0.1) is 0 Å². The number of hydrogen-bond donors (Lipinski definition) is 1. The number of rotatable bonds is 5. The van der Waals surface area contributed by atoms with Crippen molar-refractivity contribution in [3.8, 4) is 0 Å². The van der Waals surface area contributed by atoms with E-state index >= 15 is 0 Å². The SMILES string of the molecule is CCC(C)C(CN1CCC(C)CCC1=O)NC. The summed E-state index contributed by atoms with van der Waals surface area (Å²) in [5.74, 6) is 1.66. The molecule has 1 fully saturated rings. The van der Waals surface area contributed by atoms with Crippen molar-refractivity contribution < 1.29 is 4.79 Å². The lowest BCUT2D eigenvalue weighted by atomic mass is 9.98. The van der Waals surface area contributed by atoms with Gasteiger partial charge in [-0.2, -0.15) is 0 Å². The highest BCUT2D eigenvalue weighted by molar-refractivity contribution is 5.76. The molecule has 1 aliphatic heterocycles. The monoisotopic (exact) mass is 240 g/mol.